The summed E-state index contributed by atoms with van der Waals surface area (Å²) in [6.07, 6.45) is 3.23. The van der Waals surface area contributed by atoms with E-state index < -0.39 is 0 Å². The minimum Gasteiger partial charge on any atom is -0.317 e. The summed E-state index contributed by atoms with van der Waals surface area (Å²) >= 11 is 0. The molecule has 4 rings (SSSR count). The van der Waals surface area contributed by atoms with Crippen LogP contribution in [0.3, 0.4) is 0 Å². The highest BCUT2D eigenvalue weighted by atomic mass is 16.2. The molecule has 1 unspecified atom stereocenters. The number of nitrogens with one attached hydrogen (secondary N) is 2. The van der Waals surface area contributed by atoms with Crippen LogP contribution in [0.4, 0.5) is 0 Å². The van der Waals surface area contributed by atoms with Gasteiger partial charge in [-0.15, -0.1) is 0 Å². The molecule has 3 heterocycles. The molecule has 7 nitrogen and oxygen atoms in total. The highest BCUT2D eigenvalue weighted by Crippen LogP contribution is 2.32. The molecule has 7 heteroatoms. The number of likely N-dealkylation sites (tertiary alicyclic amines) is 1. The fourth-order valence-corrected chi connectivity index (χ4v) is 4.41. The minimum absolute atomic E-state index is 0.192. The first-order valence-electron chi connectivity index (χ1n) is 9.74. The molecule has 1 atom stereocenters. The summed E-state index contributed by atoms with van der Waals surface area (Å²) in [7, 11) is 3.97. The van der Waals surface area contributed by atoms with Gasteiger partial charge < -0.3 is 5.32 Å². The van der Waals surface area contributed by atoms with Crippen molar-refractivity contribution < 1.29 is 9.59 Å². The maximum Gasteiger partial charge on any atom is 0.235 e. The first-order valence-corrected chi connectivity index (χ1v) is 9.74. The highest BCUT2D eigenvalue weighted by molar-refractivity contribution is 6.02. The van der Waals surface area contributed by atoms with Crippen molar-refractivity contribution in [2.75, 3.05) is 20.1 Å². The maximum absolute atomic E-state index is 12.3. The number of benzene rings is 1. The SMILES string of the molecule is CNC1CCN(Cc2cccc3c(C4CCC(=O)NC4=O)nn(C)c23)CC1. The zero-order valence-electron chi connectivity index (χ0n) is 16.0. The van der Waals surface area contributed by atoms with Crippen molar-refractivity contribution in [3.05, 3.63) is 29.5 Å². The fourth-order valence-electron chi connectivity index (χ4n) is 4.41. The molecule has 0 radical (unpaired) electrons. The number of piperidine rings is 2. The number of amides is 2. The number of carbonyl (C=O) groups excluding carboxylic acids is 2. The minimum atomic E-state index is -0.354. The lowest BCUT2D eigenvalue weighted by Crippen LogP contribution is -2.40. The number of rotatable bonds is 4. The number of aryl methyl sites for hydroxylation is 1. The Kier molecular flexibility index (Phi) is 4.97. The largest absolute Gasteiger partial charge is 0.317 e. The third kappa shape index (κ3) is 3.49. The average molecular weight is 369 g/mol. The van der Waals surface area contributed by atoms with Crippen molar-refractivity contribution in [2.45, 2.75) is 44.2 Å². The van der Waals surface area contributed by atoms with Crippen LogP contribution in [0.5, 0.6) is 0 Å². The maximum atomic E-state index is 12.3. The third-order valence-electron chi connectivity index (χ3n) is 5.94. The van der Waals surface area contributed by atoms with Crippen molar-refractivity contribution >= 4 is 22.7 Å². The number of hydrogen-bond donors (Lipinski definition) is 2. The summed E-state index contributed by atoms with van der Waals surface area (Å²) in [5.41, 5.74) is 3.12. The van der Waals surface area contributed by atoms with E-state index in [1.165, 1.54) is 18.4 Å². The van der Waals surface area contributed by atoms with Gasteiger partial charge in [-0.1, -0.05) is 18.2 Å². The molecule has 2 saturated heterocycles. The molecule has 144 valence electrons. The van der Waals surface area contributed by atoms with Gasteiger partial charge in [0.15, 0.2) is 0 Å². The van der Waals surface area contributed by atoms with E-state index in [1.807, 2.05) is 24.8 Å². The molecule has 2 N–H and O–H groups in total. The number of nitrogens with zero attached hydrogens (tertiary/aromatic N) is 3. The topological polar surface area (TPSA) is 79.3 Å². The monoisotopic (exact) mass is 369 g/mol. The Morgan fingerprint density at radius 2 is 2.00 bits per heavy atom. The van der Waals surface area contributed by atoms with Crippen LogP contribution in [0.25, 0.3) is 10.9 Å². The molecule has 1 aromatic carbocycles. The molecule has 0 bridgehead atoms. The second-order valence-corrected chi connectivity index (χ2v) is 7.66. The number of hydrogen-bond acceptors (Lipinski definition) is 5. The molecule has 1 aromatic heterocycles. The number of fused-ring (bicyclic) bond motifs is 1. The molecule has 2 aliphatic rings. The van der Waals surface area contributed by atoms with E-state index in [0.29, 0.717) is 18.9 Å². The Hall–Kier alpha value is -2.25. The smallest absolute Gasteiger partial charge is 0.235 e. The molecule has 0 saturated carbocycles. The van der Waals surface area contributed by atoms with Gasteiger partial charge in [0.05, 0.1) is 17.1 Å². The lowest BCUT2D eigenvalue weighted by atomic mass is 9.92. The summed E-state index contributed by atoms with van der Waals surface area (Å²) in [5, 5.41) is 11.5. The van der Waals surface area contributed by atoms with Gasteiger partial charge in [0.1, 0.15) is 0 Å². The molecule has 0 spiro atoms. The molecule has 27 heavy (non-hydrogen) atoms. The van der Waals surface area contributed by atoms with Crippen molar-refractivity contribution in [1.82, 2.24) is 25.3 Å². The molecular weight excluding hydrogens is 342 g/mol. The van der Waals surface area contributed by atoms with Gasteiger partial charge in [-0.3, -0.25) is 24.5 Å². The lowest BCUT2D eigenvalue weighted by molar-refractivity contribution is -0.134. The quantitative estimate of drug-likeness (QED) is 0.794. The van der Waals surface area contributed by atoms with Crippen molar-refractivity contribution in [1.29, 1.82) is 0 Å². The van der Waals surface area contributed by atoms with E-state index in [1.54, 1.807) is 0 Å². The van der Waals surface area contributed by atoms with Gasteiger partial charge in [-0.05, 0) is 45.0 Å². The molecular formula is C20H27N5O2. The van der Waals surface area contributed by atoms with E-state index >= 15 is 0 Å². The molecule has 2 amide bonds. The van der Waals surface area contributed by atoms with E-state index in [9.17, 15) is 9.59 Å². The Bertz CT molecular complexity index is 867. The Labute approximate surface area is 159 Å². The molecule has 2 aliphatic heterocycles. The van der Waals surface area contributed by atoms with E-state index in [-0.39, 0.29) is 17.7 Å². The Morgan fingerprint density at radius 1 is 1.22 bits per heavy atom. The summed E-state index contributed by atoms with van der Waals surface area (Å²) in [6, 6.07) is 6.86. The Morgan fingerprint density at radius 3 is 2.70 bits per heavy atom. The van der Waals surface area contributed by atoms with Crippen LogP contribution in [-0.4, -0.2) is 52.7 Å². The van der Waals surface area contributed by atoms with Gasteiger partial charge in [-0.25, -0.2) is 0 Å². The van der Waals surface area contributed by atoms with Crippen LogP contribution in [0.2, 0.25) is 0 Å². The van der Waals surface area contributed by atoms with Crippen LogP contribution in [0.1, 0.15) is 42.9 Å². The first-order chi connectivity index (χ1) is 13.1. The van der Waals surface area contributed by atoms with Crippen LogP contribution in [0, 0.1) is 0 Å². The molecule has 2 aromatic rings. The second kappa shape index (κ2) is 7.40. The van der Waals surface area contributed by atoms with Crippen LogP contribution in [0.15, 0.2) is 18.2 Å². The first kappa shape index (κ1) is 18.1. The molecule has 0 aliphatic carbocycles. The number of para-hydroxylation sites is 1. The van der Waals surface area contributed by atoms with E-state index in [2.05, 4.69) is 32.8 Å². The zero-order valence-corrected chi connectivity index (χ0v) is 16.0. The molecule has 2 fully saturated rings. The number of imide groups is 1. The number of carbonyl (C=O) groups is 2. The van der Waals surface area contributed by atoms with Crippen molar-refractivity contribution in [3.8, 4) is 0 Å². The van der Waals surface area contributed by atoms with Crippen LogP contribution >= 0.6 is 0 Å². The summed E-state index contributed by atoms with van der Waals surface area (Å²) in [5.74, 6) is -0.777. The van der Waals surface area contributed by atoms with Gasteiger partial charge >= 0.3 is 0 Å². The predicted molar refractivity (Wildman–Crippen MR) is 103 cm³/mol. The average Bonchev–Trinajstić information content (AvgIpc) is 3.00. The van der Waals surface area contributed by atoms with Crippen molar-refractivity contribution in [2.24, 2.45) is 7.05 Å². The fraction of sp³-hybridized carbons (Fsp3) is 0.550. The summed E-state index contributed by atoms with van der Waals surface area (Å²) in [6.45, 7) is 3.06. The Balaban J connectivity index is 1.61. The van der Waals surface area contributed by atoms with E-state index in [4.69, 9.17) is 0 Å². The van der Waals surface area contributed by atoms with E-state index in [0.717, 1.165) is 36.2 Å². The van der Waals surface area contributed by atoms with Crippen LogP contribution in [-0.2, 0) is 23.2 Å². The van der Waals surface area contributed by atoms with Gasteiger partial charge in [0.25, 0.3) is 0 Å². The van der Waals surface area contributed by atoms with Crippen molar-refractivity contribution in [3.63, 3.8) is 0 Å². The van der Waals surface area contributed by atoms with Gasteiger partial charge in [0, 0.05) is 31.4 Å². The standard InChI is InChI=1S/C20H27N5O2/c1-21-14-8-10-25(11-9-14)12-13-4-3-5-15-18(23-24(2)19(13)15)16-6-7-17(26)22-20(16)27/h3-5,14,16,21H,6-12H2,1-2H3,(H,22,26,27). The summed E-state index contributed by atoms with van der Waals surface area (Å²) < 4.78 is 1.89. The number of aromatic nitrogens is 2. The van der Waals surface area contributed by atoms with Gasteiger partial charge in [-0.2, -0.15) is 5.10 Å². The summed E-state index contributed by atoms with van der Waals surface area (Å²) in [4.78, 5) is 26.3. The second-order valence-electron chi connectivity index (χ2n) is 7.66. The lowest BCUT2D eigenvalue weighted by Gasteiger charge is -2.31. The normalized spacial score (nSPS) is 22.4. The highest BCUT2D eigenvalue weighted by Gasteiger charge is 2.32. The van der Waals surface area contributed by atoms with Crippen LogP contribution < -0.4 is 10.6 Å². The zero-order chi connectivity index (χ0) is 19.0. The van der Waals surface area contributed by atoms with Gasteiger partial charge in [0.2, 0.25) is 11.8 Å². The predicted octanol–water partition coefficient (Wildman–Crippen LogP) is 1.28. The third-order valence-corrected chi connectivity index (χ3v) is 5.94.